The van der Waals surface area contributed by atoms with Gasteiger partial charge in [0.2, 0.25) is 0 Å². The molecule has 0 aromatic heterocycles. The molecule has 9 heteroatoms. The highest BCUT2D eigenvalue weighted by Crippen LogP contribution is 2.38. The first-order valence-electron chi connectivity index (χ1n) is 6.75. The Morgan fingerprint density at radius 3 is 2.36 bits per heavy atom. The van der Waals surface area contributed by atoms with Gasteiger partial charge in [-0.05, 0) is 42.0 Å². The Balaban J connectivity index is 2.05. The summed E-state index contributed by atoms with van der Waals surface area (Å²) in [6.45, 7) is 0. The van der Waals surface area contributed by atoms with Crippen molar-refractivity contribution in [2.75, 3.05) is 5.32 Å². The minimum Gasteiger partial charge on any atom is -0.505 e. The molecule has 25 heavy (non-hydrogen) atoms. The molecule has 0 unspecified atom stereocenters. The van der Waals surface area contributed by atoms with Crippen LogP contribution in [0.2, 0.25) is 10.0 Å². The molecular weight excluding hydrogens is 382 g/mol. The second kappa shape index (κ2) is 6.16. The smallest absolute Gasteiger partial charge is 0.505 e. The predicted molar refractivity (Wildman–Crippen MR) is 87.8 cm³/mol. The zero-order valence-electron chi connectivity index (χ0n) is 12.1. The van der Waals surface area contributed by atoms with Gasteiger partial charge in [0, 0.05) is 16.8 Å². The number of halogens is 5. The number of ether oxygens (including phenoxy) is 1. The summed E-state index contributed by atoms with van der Waals surface area (Å²) in [6.07, 6.45) is -3.44. The summed E-state index contributed by atoms with van der Waals surface area (Å²) in [5.74, 6) is -1.25. The number of amides is 1. The van der Waals surface area contributed by atoms with Crippen LogP contribution < -0.4 is 10.1 Å². The van der Waals surface area contributed by atoms with Crippen molar-refractivity contribution < 1.29 is 27.8 Å². The quantitative estimate of drug-likeness (QED) is 0.703. The summed E-state index contributed by atoms with van der Waals surface area (Å²) >= 11 is 11.7. The summed E-state index contributed by atoms with van der Waals surface area (Å²) in [5, 5.41) is 12.1. The number of nitrogens with one attached hydrogen (secondary N) is 1. The van der Waals surface area contributed by atoms with E-state index in [2.05, 4.69) is 10.1 Å². The van der Waals surface area contributed by atoms with Gasteiger partial charge in [-0.3, -0.25) is 4.79 Å². The first-order chi connectivity index (χ1) is 11.6. The highest BCUT2D eigenvalue weighted by Gasteiger charge is 2.32. The average molecular weight is 390 g/mol. The Morgan fingerprint density at radius 2 is 1.76 bits per heavy atom. The lowest BCUT2D eigenvalue weighted by atomic mass is 10.0. The van der Waals surface area contributed by atoms with Crippen LogP contribution in [-0.4, -0.2) is 17.4 Å². The van der Waals surface area contributed by atoms with Crippen molar-refractivity contribution in [1.29, 1.82) is 0 Å². The topological polar surface area (TPSA) is 58.6 Å². The van der Waals surface area contributed by atoms with Crippen LogP contribution in [0.4, 0.5) is 18.9 Å². The number of aromatic hydroxyl groups is 1. The molecule has 1 heterocycles. The highest BCUT2D eigenvalue weighted by atomic mass is 35.5. The van der Waals surface area contributed by atoms with E-state index in [1.54, 1.807) is 0 Å². The molecule has 0 radical (unpaired) electrons. The van der Waals surface area contributed by atoms with Crippen molar-refractivity contribution in [2.24, 2.45) is 0 Å². The van der Waals surface area contributed by atoms with E-state index in [9.17, 15) is 23.1 Å². The van der Waals surface area contributed by atoms with Gasteiger partial charge in [0.1, 0.15) is 5.75 Å². The van der Waals surface area contributed by atoms with Crippen molar-refractivity contribution in [1.82, 2.24) is 0 Å². The van der Waals surface area contributed by atoms with Gasteiger partial charge >= 0.3 is 6.36 Å². The minimum atomic E-state index is -4.84. The third-order valence-corrected chi connectivity index (χ3v) is 3.93. The molecule has 0 spiro atoms. The number of phenols is 1. The van der Waals surface area contributed by atoms with E-state index in [-0.39, 0.29) is 26.9 Å². The Morgan fingerprint density at radius 1 is 1.12 bits per heavy atom. The van der Waals surface area contributed by atoms with Crippen molar-refractivity contribution in [2.45, 2.75) is 6.36 Å². The largest absolute Gasteiger partial charge is 0.573 e. The van der Waals surface area contributed by atoms with E-state index in [1.807, 2.05) is 0 Å². The van der Waals surface area contributed by atoms with E-state index in [4.69, 9.17) is 23.2 Å². The minimum absolute atomic E-state index is 0.0212. The molecule has 3 rings (SSSR count). The Labute approximate surface area is 149 Å². The maximum atomic E-state index is 12.4. The predicted octanol–water partition coefficient (Wildman–Crippen LogP) is 5.09. The van der Waals surface area contributed by atoms with E-state index in [0.29, 0.717) is 11.3 Å². The molecule has 0 saturated heterocycles. The summed E-state index contributed by atoms with van der Waals surface area (Å²) in [4.78, 5) is 12.1. The molecule has 2 N–H and O–H groups in total. The van der Waals surface area contributed by atoms with Gasteiger partial charge in [0.05, 0.1) is 10.0 Å². The summed E-state index contributed by atoms with van der Waals surface area (Å²) in [6, 6.07) is 6.26. The number of benzene rings is 2. The van der Waals surface area contributed by atoms with Gasteiger partial charge in [-0.15, -0.1) is 13.2 Å². The van der Waals surface area contributed by atoms with Gasteiger partial charge in [-0.25, -0.2) is 0 Å². The zero-order chi connectivity index (χ0) is 18.4. The van der Waals surface area contributed by atoms with Crippen LogP contribution in [0, 0.1) is 0 Å². The van der Waals surface area contributed by atoms with Crippen molar-refractivity contribution >= 4 is 46.4 Å². The summed E-state index contributed by atoms with van der Waals surface area (Å²) in [5.41, 5.74) is 1.10. The average Bonchev–Trinajstić information content (AvgIpc) is 2.79. The lowest BCUT2D eigenvalue weighted by Gasteiger charge is -2.10. The molecule has 0 atom stereocenters. The molecule has 4 nitrogen and oxygen atoms in total. The molecular formula is C16H8Cl2F3NO3. The summed E-state index contributed by atoms with van der Waals surface area (Å²) in [7, 11) is 0. The maximum absolute atomic E-state index is 12.4. The van der Waals surface area contributed by atoms with E-state index in [1.165, 1.54) is 24.3 Å². The summed E-state index contributed by atoms with van der Waals surface area (Å²) < 4.78 is 41.0. The second-order valence-corrected chi connectivity index (χ2v) is 5.91. The number of hydrogen-bond donors (Lipinski definition) is 2. The number of carbonyl (C=O) groups excluding carboxylic acids is 1. The standard InChI is InChI=1S/C16H8Cl2F3NO3/c17-11-4-7(5-12(18)14(11)23)3-10-9-6-8(25-16(19,20)21)1-2-13(9)22-15(10)24/h1-6,23H,(H,22,24). The highest BCUT2D eigenvalue weighted by molar-refractivity contribution is 6.38. The Hall–Kier alpha value is -2.38. The van der Waals surface area contributed by atoms with Crippen LogP contribution in [0.1, 0.15) is 11.1 Å². The number of phenolic OH excluding ortho intramolecular Hbond substituents is 1. The number of rotatable bonds is 2. The molecule has 0 saturated carbocycles. The normalized spacial score (nSPS) is 15.2. The SMILES string of the molecule is O=C1Nc2ccc(OC(F)(F)F)cc2C1=Cc1cc(Cl)c(O)c(Cl)c1. The lowest BCUT2D eigenvalue weighted by molar-refractivity contribution is -0.274. The van der Waals surface area contributed by atoms with Gasteiger partial charge in [-0.1, -0.05) is 23.2 Å². The number of alkyl halides is 3. The monoisotopic (exact) mass is 389 g/mol. The van der Waals surface area contributed by atoms with Crippen LogP contribution in [0.3, 0.4) is 0 Å². The molecule has 0 aliphatic carbocycles. The van der Waals surface area contributed by atoms with Crippen LogP contribution in [-0.2, 0) is 4.79 Å². The molecule has 2 aromatic carbocycles. The van der Waals surface area contributed by atoms with Gasteiger partial charge in [0.15, 0.2) is 5.75 Å². The van der Waals surface area contributed by atoms with Gasteiger partial charge < -0.3 is 15.2 Å². The van der Waals surface area contributed by atoms with Crippen molar-refractivity contribution in [3.63, 3.8) is 0 Å². The number of hydrogen-bond acceptors (Lipinski definition) is 3. The third kappa shape index (κ3) is 3.67. The molecule has 130 valence electrons. The van der Waals surface area contributed by atoms with Gasteiger partial charge in [0.25, 0.3) is 5.91 Å². The fourth-order valence-corrected chi connectivity index (χ4v) is 2.85. The zero-order valence-corrected chi connectivity index (χ0v) is 13.6. The Bertz CT molecular complexity index is 887. The number of carbonyl (C=O) groups is 1. The van der Waals surface area contributed by atoms with Crippen LogP contribution in [0.15, 0.2) is 30.3 Å². The molecule has 1 aliphatic rings. The van der Waals surface area contributed by atoms with Gasteiger partial charge in [-0.2, -0.15) is 0 Å². The maximum Gasteiger partial charge on any atom is 0.573 e. The van der Waals surface area contributed by atoms with Crippen LogP contribution in [0.5, 0.6) is 11.5 Å². The van der Waals surface area contributed by atoms with Crippen molar-refractivity contribution in [3.05, 3.63) is 51.5 Å². The molecule has 2 aromatic rings. The number of anilines is 1. The molecule has 1 amide bonds. The van der Waals surface area contributed by atoms with E-state index in [0.717, 1.165) is 12.1 Å². The fourth-order valence-electron chi connectivity index (χ4n) is 2.34. The van der Waals surface area contributed by atoms with Crippen LogP contribution >= 0.6 is 23.2 Å². The third-order valence-electron chi connectivity index (χ3n) is 3.36. The van der Waals surface area contributed by atoms with E-state index >= 15 is 0 Å². The first-order valence-corrected chi connectivity index (χ1v) is 7.51. The lowest BCUT2D eigenvalue weighted by Crippen LogP contribution is -2.17. The Kier molecular flexibility index (Phi) is 4.30. The van der Waals surface area contributed by atoms with Crippen LogP contribution in [0.25, 0.3) is 11.6 Å². The first kappa shape index (κ1) is 17.4. The van der Waals surface area contributed by atoms with E-state index < -0.39 is 18.0 Å². The van der Waals surface area contributed by atoms with Crippen molar-refractivity contribution in [3.8, 4) is 11.5 Å². The fraction of sp³-hybridized carbons (Fsp3) is 0.0625. The number of fused-ring (bicyclic) bond motifs is 1. The molecule has 0 bridgehead atoms. The second-order valence-electron chi connectivity index (χ2n) is 5.10. The molecule has 0 fully saturated rings. The molecule has 1 aliphatic heterocycles.